The molecular weight excluding hydrogens is 366 g/mol. The van der Waals surface area contributed by atoms with Crippen molar-refractivity contribution in [3.8, 4) is 39.1 Å². The Morgan fingerprint density at radius 1 is 1.11 bits per heavy atom. The molecule has 7 heteroatoms. The average molecular weight is 385 g/mol. The SMILES string of the molecule is CCOc1ccc(-c2nc(-c3ccc(O)c(C(=O)OC)c3)cs2)cc1OC. The number of hydrogen-bond donors (Lipinski definition) is 1. The van der Waals surface area contributed by atoms with E-state index in [0.717, 1.165) is 10.6 Å². The van der Waals surface area contributed by atoms with Gasteiger partial charge in [-0.1, -0.05) is 0 Å². The van der Waals surface area contributed by atoms with Crippen LogP contribution in [0.25, 0.3) is 21.8 Å². The Bertz CT molecular complexity index is 967. The summed E-state index contributed by atoms with van der Waals surface area (Å²) >= 11 is 1.47. The first kappa shape index (κ1) is 18.7. The zero-order chi connectivity index (χ0) is 19.4. The van der Waals surface area contributed by atoms with Gasteiger partial charge in [-0.25, -0.2) is 9.78 Å². The number of rotatable bonds is 6. The van der Waals surface area contributed by atoms with Crippen LogP contribution in [0.15, 0.2) is 41.8 Å². The third-order valence-electron chi connectivity index (χ3n) is 3.91. The molecule has 0 aliphatic rings. The summed E-state index contributed by atoms with van der Waals surface area (Å²) in [5, 5.41) is 12.5. The van der Waals surface area contributed by atoms with Crippen LogP contribution in [0.1, 0.15) is 17.3 Å². The fraction of sp³-hybridized carbons (Fsp3) is 0.200. The van der Waals surface area contributed by atoms with Gasteiger partial charge in [-0.2, -0.15) is 0 Å². The number of aromatic nitrogens is 1. The standard InChI is InChI=1S/C20H19NO5S/c1-4-26-17-8-6-13(10-18(17)24-2)19-21-15(11-27-19)12-5-7-16(22)14(9-12)20(23)25-3/h5-11,22H,4H2,1-3H3. The number of nitrogens with zero attached hydrogens (tertiary/aromatic N) is 1. The number of benzene rings is 2. The minimum absolute atomic E-state index is 0.104. The molecule has 140 valence electrons. The van der Waals surface area contributed by atoms with E-state index in [1.807, 2.05) is 30.5 Å². The number of aromatic hydroxyl groups is 1. The number of ether oxygens (including phenoxy) is 3. The number of carbonyl (C=O) groups is 1. The molecule has 0 amide bonds. The second-order valence-corrected chi connectivity index (χ2v) is 6.42. The van der Waals surface area contributed by atoms with E-state index in [4.69, 9.17) is 14.2 Å². The molecule has 0 aliphatic heterocycles. The van der Waals surface area contributed by atoms with Crippen molar-refractivity contribution in [2.75, 3.05) is 20.8 Å². The highest BCUT2D eigenvalue weighted by molar-refractivity contribution is 7.13. The molecule has 0 aliphatic carbocycles. The number of esters is 1. The van der Waals surface area contributed by atoms with Gasteiger partial charge >= 0.3 is 5.97 Å². The van der Waals surface area contributed by atoms with Crippen LogP contribution in [-0.2, 0) is 4.74 Å². The molecule has 0 saturated heterocycles. The highest BCUT2D eigenvalue weighted by atomic mass is 32.1. The lowest BCUT2D eigenvalue weighted by Gasteiger charge is -2.10. The third-order valence-corrected chi connectivity index (χ3v) is 4.80. The molecule has 2 aromatic carbocycles. The van der Waals surface area contributed by atoms with Crippen LogP contribution in [-0.4, -0.2) is 36.9 Å². The molecule has 0 fully saturated rings. The largest absolute Gasteiger partial charge is 0.507 e. The van der Waals surface area contributed by atoms with E-state index in [1.54, 1.807) is 19.2 Å². The Balaban J connectivity index is 1.95. The summed E-state index contributed by atoms with van der Waals surface area (Å²) in [5.74, 6) is 0.601. The molecular formula is C20H19NO5S. The maximum absolute atomic E-state index is 11.8. The van der Waals surface area contributed by atoms with Crippen LogP contribution in [0.4, 0.5) is 0 Å². The van der Waals surface area contributed by atoms with Crippen molar-refractivity contribution in [1.29, 1.82) is 0 Å². The van der Waals surface area contributed by atoms with Gasteiger partial charge in [0.1, 0.15) is 16.3 Å². The molecule has 0 spiro atoms. The van der Waals surface area contributed by atoms with Crippen molar-refractivity contribution in [3.63, 3.8) is 0 Å². The molecule has 0 unspecified atom stereocenters. The average Bonchev–Trinajstić information content (AvgIpc) is 3.18. The van der Waals surface area contributed by atoms with Gasteiger partial charge in [0, 0.05) is 16.5 Å². The summed E-state index contributed by atoms with van der Waals surface area (Å²) in [7, 11) is 2.87. The Morgan fingerprint density at radius 3 is 2.59 bits per heavy atom. The van der Waals surface area contributed by atoms with Crippen molar-refractivity contribution in [1.82, 2.24) is 4.98 Å². The quantitative estimate of drug-likeness (QED) is 0.635. The molecule has 0 radical (unpaired) electrons. The molecule has 3 rings (SSSR count). The van der Waals surface area contributed by atoms with Crippen molar-refractivity contribution in [3.05, 3.63) is 47.3 Å². The minimum atomic E-state index is -0.596. The lowest BCUT2D eigenvalue weighted by molar-refractivity contribution is 0.0597. The highest BCUT2D eigenvalue weighted by Crippen LogP contribution is 2.36. The van der Waals surface area contributed by atoms with Crippen LogP contribution in [0.5, 0.6) is 17.2 Å². The zero-order valence-electron chi connectivity index (χ0n) is 15.2. The van der Waals surface area contributed by atoms with Gasteiger partial charge in [0.05, 0.1) is 26.5 Å². The van der Waals surface area contributed by atoms with Crippen LogP contribution < -0.4 is 9.47 Å². The van der Waals surface area contributed by atoms with Crippen molar-refractivity contribution in [2.24, 2.45) is 0 Å². The summed E-state index contributed by atoms with van der Waals surface area (Å²) in [6.45, 7) is 2.47. The van der Waals surface area contributed by atoms with Crippen molar-refractivity contribution in [2.45, 2.75) is 6.92 Å². The molecule has 27 heavy (non-hydrogen) atoms. The Morgan fingerprint density at radius 2 is 1.89 bits per heavy atom. The summed E-state index contributed by atoms with van der Waals surface area (Å²) in [6.07, 6.45) is 0. The number of hydrogen-bond acceptors (Lipinski definition) is 7. The number of phenols is 1. The maximum atomic E-state index is 11.8. The normalized spacial score (nSPS) is 10.5. The Kier molecular flexibility index (Phi) is 5.61. The summed E-state index contributed by atoms with van der Waals surface area (Å²) in [6, 6.07) is 10.4. The molecule has 6 nitrogen and oxygen atoms in total. The molecule has 0 bridgehead atoms. The number of thiazole rings is 1. The summed E-state index contributed by atoms with van der Waals surface area (Å²) in [5.41, 5.74) is 2.42. The second kappa shape index (κ2) is 8.09. The molecule has 1 heterocycles. The molecule has 3 aromatic rings. The predicted molar refractivity (Wildman–Crippen MR) is 104 cm³/mol. The van der Waals surface area contributed by atoms with E-state index in [2.05, 4.69) is 4.98 Å². The van der Waals surface area contributed by atoms with Crippen molar-refractivity contribution < 1.29 is 24.1 Å². The highest BCUT2D eigenvalue weighted by Gasteiger charge is 2.15. The second-order valence-electron chi connectivity index (χ2n) is 5.56. The molecule has 0 atom stereocenters. The lowest BCUT2D eigenvalue weighted by Crippen LogP contribution is -2.01. The van der Waals surface area contributed by atoms with Crippen LogP contribution >= 0.6 is 11.3 Å². The van der Waals surface area contributed by atoms with Gasteiger partial charge in [-0.15, -0.1) is 11.3 Å². The van der Waals surface area contributed by atoms with E-state index < -0.39 is 5.97 Å². The Hall–Kier alpha value is -3.06. The maximum Gasteiger partial charge on any atom is 0.341 e. The van der Waals surface area contributed by atoms with E-state index in [1.165, 1.54) is 24.5 Å². The smallest absolute Gasteiger partial charge is 0.341 e. The van der Waals surface area contributed by atoms with Crippen molar-refractivity contribution >= 4 is 17.3 Å². The van der Waals surface area contributed by atoms with Gasteiger partial charge in [0.15, 0.2) is 11.5 Å². The van der Waals surface area contributed by atoms with Gasteiger partial charge in [0.25, 0.3) is 0 Å². The number of carbonyl (C=O) groups excluding carboxylic acids is 1. The van der Waals surface area contributed by atoms with E-state index in [0.29, 0.717) is 29.4 Å². The molecule has 1 N–H and O–H groups in total. The number of methoxy groups -OCH3 is 2. The van der Waals surface area contributed by atoms with Gasteiger partial charge < -0.3 is 19.3 Å². The fourth-order valence-electron chi connectivity index (χ4n) is 2.58. The van der Waals surface area contributed by atoms with Gasteiger partial charge in [0.2, 0.25) is 0 Å². The first-order valence-electron chi connectivity index (χ1n) is 8.25. The summed E-state index contributed by atoms with van der Waals surface area (Å²) in [4.78, 5) is 16.4. The van der Waals surface area contributed by atoms with Crippen LogP contribution in [0.3, 0.4) is 0 Å². The van der Waals surface area contributed by atoms with Crippen LogP contribution in [0, 0.1) is 0 Å². The van der Waals surface area contributed by atoms with Gasteiger partial charge in [-0.3, -0.25) is 0 Å². The lowest BCUT2D eigenvalue weighted by atomic mass is 10.1. The summed E-state index contributed by atoms with van der Waals surface area (Å²) < 4.78 is 15.6. The number of phenolic OH excluding ortho intramolecular Hbond substituents is 1. The van der Waals surface area contributed by atoms with E-state index in [9.17, 15) is 9.90 Å². The topological polar surface area (TPSA) is 77.9 Å². The monoisotopic (exact) mass is 385 g/mol. The Labute approximate surface area is 161 Å². The first-order valence-corrected chi connectivity index (χ1v) is 9.13. The fourth-order valence-corrected chi connectivity index (χ4v) is 3.41. The third kappa shape index (κ3) is 3.88. The molecule has 0 saturated carbocycles. The van der Waals surface area contributed by atoms with Crippen LogP contribution in [0.2, 0.25) is 0 Å². The first-order chi connectivity index (χ1) is 13.1. The van der Waals surface area contributed by atoms with Gasteiger partial charge in [-0.05, 0) is 43.3 Å². The zero-order valence-corrected chi connectivity index (χ0v) is 16.0. The predicted octanol–water partition coefficient (Wildman–Crippen LogP) is 4.38. The molecule has 1 aromatic heterocycles. The minimum Gasteiger partial charge on any atom is -0.507 e. The van der Waals surface area contributed by atoms with E-state index >= 15 is 0 Å². The van der Waals surface area contributed by atoms with E-state index in [-0.39, 0.29) is 11.3 Å².